The highest BCUT2D eigenvalue weighted by Gasteiger charge is 2.30. The Morgan fingerprint density at radius 3 is 2.26 bits per heavy atom. The fourth-order valence-corrected chi connectivity index (χ4v) is 5.83. The van der Waals surface area contributed by atoms with E-state index in [1.165, 1.54) is 32.4 Å². The molecule has 10 heteroatoms. The normalized spacial score (nSPS) is 13.5. The molecule has 0 radical (unpaired) electrons. The Labute approximate surface area is 223 Å². The molecule has 1 N–H and O–H groups in total. The zero-order chi connectivity index (χ0) is 27.1. The van der Waals surface area contributed by atoms with Crippen LogP contribution >= 0.6 is 0 Å². The van der Waals surface area contributed by atoms with Crippen LogP contribution in [0.15, 0.2) is 77.7 Å². The SMILES string of the molecule is COc1ccc(N(CC(=O)Nc2ccccc2C(=O)N2CCCCC2)S(=O)(=O)c2ccccc2)c(OC)c1. The molecule has 1 aliphatic rings. The van der Waals surface area contributed by atoms with Crippen LogP contribution in [0.4, 0.5) is 11.4 Å². The second-order valence-corrected chi connectivity index (χ2v) is 10.7. The van der Waals surface area contributed by atoms with Gasteiger partial charge in [-0.3, -0.25) is 13.9 Å². The molecule has 0 atom stereocenters. The number of anilines is 2. The third-order valence-corrected chi connectivity index (χ3v) is 8.12. The van der Waals surface area contributed by atoms with Gasteiger partial charge in [0.2, 0.25) is 5.91 Å². The second kappa shape index (κ2) is 12.0. The van der Waals surface area contributed by atoms with Gasteiger partial charge in [-0.2, -0.15) is 0 Å². The monoisotopic (exact) mass is 537 g/mol. The van der Waals surface area contributed by atoms with Gasteiger partial charge in [0.1, 0.15) is 18.0 Å². The summed E-state index contributed by atoms with van der Waals surface area (Å²) in [6.07, 6.45) is 2.97. The van der Waals surface area contributed by atoms with E-state index in [-0.39, 0.29) is 22.2 Å². The number of methoxy groups -OCH3 is 2. The Kier molecular flexibility index (Phi) is 8.52. The summed E-state index contributed by atoms with van der Waals surface area (Å²) in [5.74, 6) is -0.0814. The minimum atomic E-state index is -4.16. The first-order chi connectivity index (χ1) is 18.3. The molecule has 0 spiro atoms. The second-order valence-electron chi connectivity index (χ2n) is 8.81. The number of likely N-dealkylation sites (tertiary alicyclic amines) is 1. The minimum absolute atomic E-state index is 0.0198. The molecule has 0 bridgehead atoms. The molecule has 1 aliphatic heterocycles. The molecule has 0 saturated carbocycles. The number of hydrogen-bond acceptors (Lipinski definition) is 6. The number of para-hydroxylation sites is 1. The zero-order valence-corrected chi connectivity index (χ0v) is 22.2. The maximum atomic E-state index is 13.7. The van der Waals surface area contributed by atoms with Crippen molar-refractivity contribution >= 4 is 33.2 Å². The van der Waals surface area contributed by atoms with E-state index in [0.717, 1.165) is 23.6 Å². The van der Waals surface area contributed by atoms with Crippen molar-refractivity contribution in [3.63, 3.8) is 0 Å². The number of benzene rings is 3. The van der Waals surface area contributed by atoms with Crippen LogP contribution in [-0.2, 0) is 14.8 Å². The maximum Gasteiger partial charge on any atom is 0.264 e. The molecule has 1 heterocycles. The van der Waals surface area contributed by atoms with E-state index < -0.39 is 22.5 Å². The lowest BCUT2D eigenvalue weighted by molar-refractivity contribution is -0.114. The topological polar surface area (TPSA) is 105 Å². The van der Waals surface area contributed by atoms with Crippen molar-refractivity contribution in [2.75, 3.05) is 43.5 Å². The first-order valence-electron chi connectivity index (χ1n) is 12.3. The fourth-order valence-electron chi connectivity index (χ4n) is 4.38. The number of nitrogens with one attached hydrogen (secondary N) is 1. The molecule has 3 aromatic rings. The lowest BCUT2D eigenvalue weighted by Crippen LogP contribution is -2.39. The zero-order valence-electron chi connectivity index (χ0n) is 21.4. The molecule has 0 unspecified atom stereocenters. The minimum Gasteiger partial charge on any atom is -0.497 e. The summed E-state index contributed by atoms with van der Waals surface area (Å²) in [5, 5.41) is 2.76. The highest BCUT2D eigenvalue weighted by atomic mass is 32.2. The van der Waals surface area contributed by atoms with E-state index in [4.69, 9.17) is 9.47 Å². The number of piperidine rings is 1. The lowest BCUT2D eigenvalue weighted by atomic mass is 10.1. The molecule has 1 saturated heterocycles. The highest BCUT2D eigenvalue weighted by Crippen LogP contribution is 2.35. The van der Waals surface area contributed by atoms with Crippen molar-refractivity contribution in [2.24, 2.45) is 0 Å². The third kappa shape index (κ3) is 5.91. The summed E-state index contributed by atoms with van der Waals surface area (Å²) < 4.78 is 39.1. The summed E-state index contributed by atoms with van der Waals surface area (Å²) in [6.45, 7) is 0.787. The fraction of sp³-hybridized carbons (Fsp3) is 0.286. The number of amides is 2. The first kappa shape index (κ1) is 27.0. The number of rotatable bonds is 9. The first-order valence-corrected chi connectivity index (χ1v) is 13.8. The molecule has 9 nitrogen and oxygen atoms in total. The largest absolute Gasteiger partial charge is 0.497 e. The van der Waals surface area contributed by atoms with E-state index in [2.05, 4.69) is 5.32 Å². The van der Waals surface area contributed by atoms with Gasteiger partial charge in [0, 0.05) is 19.2 Å². The molecule has 38 heavy (non-hydrogen) atoms. The Morgan fingerprint density at radius 2 is 1.58 bits per heavy atom. The maximum absolute atomic E-state index is 13.7. The van der Waals surface area contributed by atoms with Crippen molar-refractivity contribution in [1.29, 1.82) is 0 Å². The molecule has 0 aromatic heterocycles. The van der Waals surface area contributed by atoms with E-state index in [9.17, 15) is 18.0 Å². The van der Waals surface area contributed by atoms with Crippen LogP contribution in [-0.4, -0.2) is 59.0 Å². The van der Waals surface area contributed by atoms with E-state index >= 15 is 0 Å². The van der Waals surface area contributed by atoms with Crippen LogP contribution in [0.2, 0.25) is 0 Å². The van der Waals surface area contributed by atoms with Gasteiger partial charge in [0.05, 0.1) is 36.1 Å². The standard InChI is InChI=1S/C28H31N3O6S/c1-36-21-15-16-25(26(19-21)37-2)31(38(34,35)22-11-5-3-6-12-22)20-27(32)29-24-14-8-7-13-23(24)28(33)30-17-9-4-10-18-30/h3,5-8,11-16,19H,4,9-10,17-18,20H2,1-2H3,(H,29,32). The number of hydrogen-bond donors (Lipinski definition) is 1. The summed E-state index contributed by atoms with van der Waals surface area (Å²) in [4.78, 5) is 28.3. The van der Waals surface area contributed by atoms with Crippen LogP contribution in [0.3, 0.4) is 0 Å². The molecule has 200 valence electrons. The van der Waals surface area contributed by atoms with E-state index in [1.807, 2.05) is 0 Å². The van der Waals surface area contributed by atoms with Crippen LogP contribution in [0, 0.1) is 0 Å². The number of carbonyl (C=O) groups excluding carboxylic acids is 2. The summed E-state index contributed by atoms with van der Waals surface area (Å²) in [7, 11) is -1.26. The molecular weight excluding hydrogens is 506 g/mol. The number of nitrogens with zero attached hydrogens (tertiary/aromatic N) is 2. The van der Waals surface area contributed by atoms with Crippen LogP contribution in [0.25, 0.3) is 0 Å². The Balaban J connectivity index is 1.66. The van der Waals surface area contributed by atoms with Crippen molar-refractivity contribution in [1.82, 2.24) is 4.90 Å². The predicted octanol–water partition coefficient (Wildman–Crippen LogP) is 4.16. The quantitative estimate of drug-likeness (QED) is 0.439. The molecule has 0 aliphatic carbocycles. The van der Waals surface area contributed by atoms with Crippen molar-refractivity contribution < 1.29 is 27.5 Å². The van der Waals surface area contributed by atoms with Gasteiger partial charge in [-0.25, -0.2) is 8.42 Å². The van der Waals surface area contributed by atoms with E-state index in [1.54, 1.807) is 59.5 Å². The molecule has 1 fully saturated rings. The van der Waals surface area contributed by atoms with Gasteiger partial charge in [-0.1, -0.05) is 30.3 Å². The summed E-state index contributed by atoms with van der Waals surface area (Å²) in [6, 6.07) is 19.3. The van der Waals surface area contributed by atoms with Crippen molar-refractivity contribution in [3.05, 3.63) is 78.4 Å². The number of carbonyl (C=O) groups is 2. The molecule has 4 rings (SSSR count). The summed E-state index contributed by atoms with van der Waals surface area (Å²) in [5.41, 5.74) is 0.860. The third-order valence-electron chi connectivity index (χ3n) is 6.35. The van der Waals surface area contributed by atoms with Gasteiger partial charge >= 0.3 is 0 Å². The number of ether oxygens (including phenoxy) is 2. The van der Waals surface area contributed by atoms with Gasteiger partial charge in [0.15, 0.2) is 0 Å². The molecular formula is C28H31N3O6S. The average Bonchev–Trinajstić information content (AvgIpc) is 2.96. The molecule has 2 amide bonds. The van der Waals surface area contributed by atoms with Crippen LogP contribution < -0.4 is 19.1 Å². The lowest BCUT2D eigenvalue weighted by Gasteiger charge is -2.28. The summed E-state index contributed by atoms with van der Waals surface area (Å²) >= 11 is 0. The Bertz CT molecular complexity index is 1390. The smallest absolute Gasteiger partial charge is 0.264 e. The average molecular weight is 538 g/mol. The van der Waals surface area contributed by atoms with Crippen LogP contribution in [0.1, 0.15) is 29.6 Å². The van der Waals surface area contributed by atoms with Crippen molar-refractivity contribution in [2.45, 2.75) is 24.2 Å². The van der Waals surface area contributed by atoms with Gasteiger partial charge in [0.25, 0.3) is 15.9 Å². The number of sulfonamides is 1. The van der Waals surface area contributed by atoms with Gasteiger partial charge < -0.3 is 19.7 Å². The molecule has 3 aromatic carbocycles. The van der Waals surface area contributed by atoms with Crippen LogP contribution in [0.5, 0.6) is 11.5 Å². The van der Waals surface area contributed by atoms with E-state index in [0.29, 0.717) is 30.1 Å². The Hall–Kier alpha value is -4.05. The predicted molar refractivity (Wildman–Crippen MR) is 145 cm³/mol. The van der Waals surface area contributed by atoms with Crippen molar-refractivity contribution in [3.8, 4) is 11.5 Å². The Morgan fingerprint density at radius 1 is 0.895 bits per heavy atom. The van der Waals surface area contributed by atoms with Gasteiger partial charge in [-0.05, 0) is 55.7 Å². The highest BCUT2D eigenvalue weighted by molar-refractivity contribution is 7.92. The van der Waals surface area contributed by atoms with Gasteiger partial charge in [-0.15, -0.1) is 0 Å².